The molecule has 0 atom stereocenters. The van der Waals surface area contributed by atoms with Crippen molar-refractivity contribution in [2.75, 3.05) is 6.26 Å². The van der Waals surface area contributed by atoms with Crippen LogP contribution in [0.15, 0.2) is 77.8 Å². The average molecular weight is 554 g/mol. The first-order valence-electron chi connectivity index (χ1n) is 11.5. The van der Waals surface area contributed by atoms with Crippen LogP contribution >= 0.6 is 11.6 Å². The molecule has 0 bridgehead atoms. The Morgan fingerprint density at radius 1 is 0.895 bits per heavy atom. The minimum atomic E-state index is -3.42. The highest BCUT2D eigenvalue weighted by Crippen LogP contribution is 2.34. The summed E-state index contributed by atoms with van der Waals surface area (Å²) in [5.41, 5.74) is 3.92. The maximum absolute atomic E-state index is 13.7. The van der Waals surface area contributed by atoms with E-state index in [2.05, 4.69) is 15.3 Å². The Kier molecular flexibility index (Phi) is 6.62. The molecular formula is C27H22ClF2N5O2S. The van der Waals surface area contributed by atoms with E-state index >= 15 is 0 Å². The maximum Gasteiger partial charge on any atom is 0.282 e. The van der Waals surface area contributed by atoms with E-state index in [0.29, 0.717) is 44.7 Å². The molecule has 3 aromatic carbocycles. The Morgan fingerprint density at radius 3 is 2.24 bits per heavy atom. The van der Waals surface area contributed by atoms with Crippen molar-refractivity contribution in [3.05, 3.63) is 95.2 Å². The summed E-state index contributed by atoms with van der Waals surface area (Å²) in [7, 11) is -3.42. The van der Waals surface area contributed by atoms with Gasteiger partial charge in [0.15, 0.2) is 9.84 Å². The van der Waals surface area contributed by atoms with E-state index in [9.17, 15) is 17.2 Å². The van der Waals surface area contributed by atoms with Crippen LogP contribution < -0.4 is 0 Å². The molecule has 194 valence electrons. The number of aromatic nitrogens is 5. The van der Waals surface area contributed by atoms with Gasteiger partial charge in [0, 0.05) is 22.5 Å². The van der Waals surface area contributed by atoms with Crippen LogP contribution in [0.4, 0.5) is 8.78 Å². The van der Waals surface area contributed by atoms with Gasteiger partial charge in [-0.3, -0.25) is 4.57 Å². The van der Waals surface area contributed by atoms with Gasteiger partial charge in [-0.15, -0.1) is 5.10 Å². The molecule has 0 aliphatic carbocycles. The van der Waals surface area contributed by atoms with Gasteiger partial charge < -0.3 is 0 Å². The Bertz CT molecular complexity index is 1760. The van der Waals surface area contributed by atoms with Gasteiger partial charge >= 0.3 is 0 Å². The Hall–Kier alpha value is -3.89. The minimum absolute atomic E-state index is 0.186. The molecule has 0 unspecified atom stereocenters. The molecular weight excluding hydrogens is 532 g/mol. The summed E-state index contributed by atoms with van der Waals surface area (Å²) in [6, 6.07) is 19.2. The highest BCUT2D eigenvalue weighted by atomic mass is 35.5. The number of rotatable bonds is 6. The lowest BCUT2D eigenvalue weighted by Gasteiger charge is -2.17. The van der Waals surface area contributed by atoms with Crippen molar-refractivity contribution in [3.63, 3.8) is 0 Å². The van der Waals surface area contributed by atoms with Gasteiger partial charge in [0.05, 0.1) is 28.2 Å². The van der Waals surface area contributed by atoms with Gasteiger partial charge in [-0.25, -0.2) is 26.9 Å². The first-order valence-corrected chi connectivity index (χ1v) is 13.8. The lowest BCUT2D eigenvalue weighted by atomic mass is 10.0. The van der Waals surface area contributed by atoms with Crippen molar-refractivity contribution in [3.8, 4) is 33.8 Å². The van der Waals surface area contributed by atoms with Crippen molar-refractivity contribution in [1.82, 2.24) is 24.5 Å². The van der Waals surface area contributed by atoms with Crippen LogP contribution in [0.1, 0.15) is 23.6 Å². The number of alkyl halides is 2. The zero-order valence-corrected chi connectivity index (χ0v) is 22.2. The van der Waals surface area contributed by atoms with E-state index in [1.165, 1.54) is 6.07 Å². The number of hydrogen-bond acceptors (Lipinski definition) is 5. The van der Waals surface area contributed by atoms with Gasteiger partial charge in [0.1, 0.15) is 11.5 Å². The zero-order chi connectivity index (χ0) is 27.2. The lowest BCUT2D eigenvalue weighted by Crippen LogP contribution is -2.09. The number of hydrogen-bond donors (Lipinski definition) is 0. The lowest BCUT2D eigenvalue weighted by molar-refractivity contribution is 0.145. The van der Waals surface area contributed by atoms with Crippen LogP contribution in [0.5, 0.6) is 0 Å². The monoisotopic (exact) mass is 553 g/mol. The molecule has 0 saturated heterocycles. The second-order valence-corrected chi connectivity index (χ2v) is 11.3. The molecule has 0 radical (unpaired) electrons. The van der Waals surface area contributed by atoms with Gasteiger partial charge in [-0.05, 0) is 61.4 Å². The Balaban J connectivity index is 1.77. The van der Waals surface area contributed by atoms with E-state index < -0.39 is 16.3 Å². The second-order valence-electron chi connectivity index (χ2n) is 8.81. The highest BCUT2D eigenvalue weighted by molar-refractivity contribution is 7.90. The van der Waals surface area contributed by atoms with Crippen molar-refractivity contribution < 1.29 is 17.2 Å². The largest absolute Gasteiger partial charge is 0.299 e. The minimum Gasteiger partial charge on any atom is -0.299 e. The topological polar surface area (TPSA) is 82.7 Å². The summed E-state index contributed by atoms with van der Waals surface area (Å²) in [5.74, 6) is 0.388. The molecule has 0 aliphatic rings. The molecule has 0 fully saturated rings. The van der Waals surface area contributed by atoms with E-state index in [4.69, 9.17) is 11.6 Å². The van der Waals surface area contributed by atoms with Crippen molar-refractivity contribution in [1.29, 1.82) is 0 Å². The predicted octanol–water partition coefficient (Wildman–Crippen LogP) is 6.40. The van der Waals surface area contributed by atoms with Gasteiger partial charge in [0.2, 0.25) is 0 Å². The van der Waals surface area contributed by atoms with E-state index in [1.54, 1.807) is 71.8 Å². The van der Waals surface area contributed by atoms with Crippen molar-refractivity contribution in [2.24, 2.45) is 0 Å². The molecule has 0 N–H and O–H groups in total. The third-order valence-electron chi connectivity index (χ3n) is 6.25. The quantitative estimate of drug-likeness (QED) is 0.243. The fourth-order valence-electron chi connectivity index (χ4n) is 4.42. The smallest absolute Gasteiger partial charge is 0.282 e. The summed E-state index contributed by atoms with van der Waals surface area (Å²) < 4.78 is 55.0. The Labute approximate surface area is 223 Å². The number of imidazole rings is 1. The number of nitrogens with zero attached hydrogens (tertiary/aromatic N) is 5. The van der Waals surface area contributed by atoms with Crippen LogP contribution in [-0.2, 0) is 9.84 Å². The van der Waals surface area contributed by atoms with Crippen LogP contribution in [0.25, 0.3) is 33.8 Å². The molecule has 7 nitrogen and oxygen atoms in total. The van der Waals surface area contributed by atoms with Crippen LogP contribution in [0.2, 0.25) is 5.02 Å². The van der Waals surface area contributed by atoms with Crippen LogP contribution in [-0.4, -0.2) is 39.2 Å². The third-order valence-corrected chi connectivity index (χ3v) is 7.61. The standard InChI is InChI=1S/C27H22ClF2N5O2S/c1-16-26(27(29)30)32-17(2)34(16)23-12-9-20(19-5-4-6-22(13-19)38(3,36)37)14-24(23)35-25(15-31-33-35)18-7-10-21(28)11-8-18/h4-15,27H,1-3H3. The molecule has 2 heterocycles. The normalized spacial score (nSPS) is 11.9. The molecule has 5 aromatic rings. The van der Waals surface area contributed by atoms with Gasteiger partial charge in [-0.2, -0.15) is 0 Å². The van der Waals surface area contributed by atoms with E-state index in [1.807, 2.05) is 18.2 Å². The summed E-state index contributed by atoms with van der Waals surface area (Å²) in [4.78, 5) is 4.29. The molecule has 38 heavy (non-hydrogen) atoms. The summed E-state index contributed by atoms with van der Waals surface area (Å²) in [6.45, 7) is 3.25. The number of halogens is 3. The molecule has 5 rings (SSSR count). The summed E-state index contributed by atoms with van der Waals surface area (Å²) >= 11 is 6.08. The molecule has 11 heteroatoms. The van der Waals surface area contributed by atoms with Crippen LogP contribution in [0, 0.1) is 13.8 Å². The summed E-state index contributed by atoms with van der Waals surface area (Å²) in [6.07, 6.45) is 0.0225. The van der Waals surface area contributed by atoms with Crippen molar-refractivity contribution >= 4 is 21.4 Å². The highest BCUT2D eigenvalue weighted by Gasteiger charge is 2.23. The Morgan fingerprint density at radius 2 is 1.58 bits per heavy atom. The molecule has 0 amide bonds. The zero-order valence-electron chi connectivity index (χ0n) is 20.6. The number of benzene rings is 3. The number of sulfone groups is 1. The van der Waals surface area contributed by atoms with E-state index in [-0.39, 0.29) is 10.6 Å². The van der Waals surface area contributed by atoms with Gasteiger partial charge in [0.25, 0.3) is 6.43 Å². The average Bonchev–Trinajstić information content (AvgIpc) is 3.48. The first-order chi connectivity index (χ1) is 18.0. The molecule has 0 saturated carbocycles. The molecule has 0 aliphatic heterocycles. The molecule has 0 spiro atoms. The summed E-state index contributed by atoms with van der Waals surface area (Å²) in [5, 5.41) is 9.01. The fraction of sp³-hybridized carbons (Fsp3) is 0.148. The van der Waals surface area contributed by atoms with Crippen molar-refractivity contribution in [2.45, 2.75) is 25.2 Å². The first kappa shape index (κ1) is 25.7. The fourth-order valence-corrected chi connectivity index (χ4v) is 5.22. The number of aryl methyl sites for hydroxylation is 1. The third kappa shape index (κ3) is 4.72. The molecule has 2 aromatic heterocycles. The SMILES string of the molecule is Cc1nc(C(F)F)c(C)n1-c1ccc(-c2cccc(S(C)(=O)=O)c2)cc1-n1nncc1-c1ccc(Cl)cc1. The van der Waals surface area contributed by atoms with Crippen LogP contribution in [0.3, 0.4) is 0 Å². The maximum atomic E-state index is 13.7. The van der Waals surface area contributed by atoms with E-state index in [0.717, 1.165) is 11.8 Å². The van der Waals surface area contributed by atoms with Gasteiger partial charge in [-0.1, -0.05) is 47.1 Å². The predicted molar refractivity (Wildman–Crippen MR) is 142 cm³/mol. The second kappa shape index (κ2) is 9.77.